The lowest BCUT2D eigenvalue weighted by Crippen LogP contribution is -2.36. The zero-order chi connectivity index (χ0) is 22.7. The van der Waals surface area contributed by atoms with Crippen molar-refractivity contribution in [3.63, 3.8) is 0 Å². The topological polar surface area (TPSA) is 86.4 Å². The van der Waals surface area contributed by atoms with E-state index in [4.69, 9.17) is 0 Å². The second-order valence-corrected chi connectivity index (χ2v) is 8.16. The van der Waals surface area contributed by atoms with E-state index in [1.165, 1.54) is 6.08 Å². The van der Waals surface area contributed by atoms with Crippen LogP contribution in [0.2, 0.25) is 0 Å². The van der Waals surface area contributed by atoms with Gasteiger partial charge in [0.25, 0.3) is 5.56 Å². The Morgan fingerprint density at radius 3 is 2.59 bits per heavy atom. The summed E-state index contributed by atoms with van der Waals surface area (Å²) in [4.78, 5) is 47.9. The average molecular weight is 431 g/mol. The molecule has 2 heterocycles. The first-order chi connectivity index (χ1) is 15.4. The highest BCUT2D eigenvalue weighted by Crippen LogP contribution is 2.22. The first-order valence-electron chi connectivity index (χ1n) is 10.8. The number of hydrogen-bond donors (Lipinski definition) is 1. The number of amides is 2. The fourth-order valence-electron chi connectivity index (χ4n) is 3.84. The van der Waals surface area contributed by atoms with Crippen LogP contribution in [-0.2, 0) is 16.1 Å². The van der Waals surface area contributed by atoms with Crippen molar-refractivity contribution in [1.29, 1.82) is 0 Å². The Hall–Kier alpha value is -3.74. The van der Waals surface area contributed by atoms with Crippen molar-refractivity contribution in [2.75, 3.05) is 11.4 Å². The van der Waals surface area contributed by atoms with Gasteiger partial charge in [0.15, 0.2) is 0 Å². The summed E-state index contributed by atoms with van der Waals surface area (Å²) in [6, 6.07) is 14.7. The van der Waals surface area contributed by atoms with Crippen LogP contribution in [0.1, 0.15) is 38.1 Å². The van der Waals surface area contributed by atoms with Crippen molar-refractivity contribution < 1.29 is 9.59 Å². The van der Waals surface area contributed by atoms with E-state index in [0.29, 0.717) is 23.1 Å². The third-order valence-corrected chi connectivity index (χ3v) is 5.58. The summed E-state index contributed by atoms with van der Waals surface area (Å²) in [6.07, 6.45) is 4.76. The lowest BCUT2D eigenvalue weighted by molar-refractivity contribution is -0.128. The minimum Gasteiger partial charge on any atom is -0.329 e. The van der Waals surface area contributed by atoms with Gasteiger partial charge in [-0.05, 0) is 56.2 Å². The monoisotopic (exact) mass is 430 g/mol. The number of hydrogen-bond acceptors (Lipinski definition) is 4. The first kappa shape index (κ1) is 21.5. The molecule has 4 rings (SSSR count). The van der Waals surface area contributed by atoms with Crippen LogP contribution in [0.4, 0.5) is 5.69 Å². The van der Waals surface area contributed by atoms with Crippen LogP contribution in [0.5, 0.6) is 0 Å². The van der Waals surface area contributed by atoms with Gasteiger partial charge in [0, 0.05) is 30.8 Å². The van der Waals surface area contributed by atoms with Gasteiger partial charge < -0.3 is 14.8 Å². The predicted octanol–water partition coefficient (Wildman–Crippen LogP) is 3.50. The van der Waals surface area contributed by atoms with Crippen LogP contribution in [0.15, 0.2) is 59.4 Å². The molecule has 1 aliphatic heterocycles. The van der Waals surface area contributed by atoms with Crippen molar-refractivity contribution in [3.8, 4) is 0 Å². The van der Waals surface area contributed by atoms with E-state index >= 15 is 0 Å². The van der Waals surface area contributed by atoms with Gasteiger partial charge in [0.05, 0.1) is 17.4 Å². The maximum Gasteiger partial charge on any atom is 0.258 e. The minimum absolute atomic E-state index is 0.0764. The largest absolute Gasteiger partial charge is 0.329 e. The molecule has 2 amide bonds. The van der Waals surface area contributed by atoms with Crippen LogP contribution in [0, 0.1) is 0 Å². The standard InChI is InChI=1S/C25H26N4O3/c1-17(2)29(16-22-26-21-7-4-3-6-20(21)25(32)27-22)24(31)14-11-18-9-12-19(13-10-18)28-15-5-8-23(28)30/h3-4,6-7,9-14,17H,5,8,15-16H2,1-2H3,(H,26,27,32). The number of aromatic amines is 1. The van der Waals surface area contributed by atoms with Crippen LogP contribution >= 0.6 is 0 Å². The van der Waals surface area contributed by atoms with Gasteiger partial charge in [-0.25, -0.2) is 4.98 Å². The maximum absolute atomic E-state index is 12.9. The molecule has 0 atom stereocenters. The van der Waals surface area contributed by atoms with Gasteiger partial charge in [-0.1, -0.05) is 24.3 Å². The van der Waals surface area contributed by atoms with Gasteiger partial charge in [-0.3, -0.25) is 14.4 Å². The van der Waals surface area contributed by atoms with E-state index in [1.54, 1.807) is 34.1 Å². The number of fused-ring (bicyclic) bond motifs is 1. The van der Waals surface area contributed by atoms with Crippen molar-refractivity contribution >= 4 is 34.5 Å². The Morgan fingerprint density at radius 2 is 1.91 bits per heavy atom. The highest BCUT2D eigenvalue weighted by molar-refractivity contribution is 5.95. The van der Waals surface area contributed by atoms with E-state index in [1.807, 2.05) is 44.2 Å². The number of aromatic nitrogens is 2. The summed E-state index contributed by atoms with van der Waals surface area (Å²) in [7, 11) is 0. The number of carbonyl (C=O) groups is 2. The molecule has 0 radical (unpaired) electrons. The van der Waals surface area contributed by atoms with Crippen LogP contribution < -0.4 is 10.5 Å². The molecule has 2 aromatic carbocycles. The molecule has 0 saturated carbocycles. The molecular formula is C25H26N4O3. The number of benzene rings is 2. The number of H-pyrrole nitrogens is 1. The van der Waals surface area contributed by atoms with E-state index in [9.17, 15) is 14.4 Å². The van der Waals surface area contributed by atoms with E-state index < -0.39 is 0 Å². The van der Waals surface area contributed by atoms with Gasteiger partial charge in [-0.15, -0.1) is 0 Å². The number of nitrogens with one attached hydrogen (secondary N) is 1. The second-order valence-electron chi connectivity index (χ2n) is 8.16. The SMILES string of the molecule is CC(C)N(Cc1nc2ccccc2c(=O)[nH]1)C(=O)C=Cc1ccc(N2CCCC2=O)cc1. The molecule has 0 spiro atoms. The average Bonchev–Trinajstić information content (AvgIpc) is 3.22. The molecule has 3 aromatic rings. The highest BCUT2D eigenvalue weighted by atomic mass is 16.2. The molecule has 7 heteroatoms. The van der Waals surface area contributed by atoms with E-state index in [0.717, 1.165) is 24.2 Å². The molecule has 7 nitrogen and oxygen atoms in total. The smallest absolute Gasteiger partial charge is 0.258 e. The Kier molecular flexibility index (Phi) is 6.16. The summed E-state index contributed by atoms with van der Waals surface area (Å²) in [5.41, 5.74) is 2.14. The van der Waals surface area contributed by atoms with Gasteiger partial charge in [-0.2, -0.15) is 0 Å². The fourth-order valence-corrected chi connectivity index (χ4v) is 3.84. The summed E-state index contributed by atoms with van der Waals surface area (Å²) in [6.45, 7) is 4.80. The Morgan fingerprint density at radius 1 is 1.16 bits per heavy atom. The Bertz CT molecular complexity index is 1230. The molecule has 1 aromatic heterocycles. The number of para-hydroxylation sites is 1. The molecule has 0 bridgehead atoms. The normalized spacial score (nSPS) is 14.1. The Labute approximate surface area is 186 Å². The lowest BCUT2D eigenvalue weighted by Gasteiger charge is -2.25. The summed E-state index contributed by atoms with van der Waals surface area (Å²) in [5, 5.41) is 0.526. The zero-order valence-corrected chi connectivity index (χ0v) is 18.2. The number of rotatable bonds is 6. The third kappa shape index (κ3) is 4.61. The molecule has 32 heavy (non-hydrogen) atoms. The fraction of sp³-hybridized carbons (Fsp3) is 0.280. The van der Waals surface area contributed by atoms with Crippen molar-refractivity contribution in [2.45, 2.75) is 39.3 Å². The van der Waals surface area contributed by atoms with Crippen LogP contribution in [0.25, 0.3) is 17.0 Å². The van der Waals surface area contributed by atoms with Crippen LogP contribution in [-0.4, -0.2) is 39.3 Å². The Balaban J connectivity index is 1.48. The molecule has 0 aliphatic carbocycles. The maximum atomic E-state index is 12.9. The molecule has 1 N–H and O–H groups in total. The quantitative estimate of drug-likeness (QED) is 0.607. The summed E-state index contributed by atoms with van der Waals surface area (Å²) >= 11 is 0. The van der Waals surface area contributed by atoms with Crippen molar-refractivity contribution in [1.82, 2.24) is 14.9 Å². The van der Waals surface area contributed by atoms with E-state index in [2.05, 4.69) is 9.97 Å². The molecule has 1 saturated heterocycles. The summed E-state index contributed by atoms with van der Waals surface area (Å²) < 4.78 is 0. The van der Waals surface area contributed by atoms with Crippen molar-refractivity contribution in [2.24, 2.45) is 0 Å². The second kappa shape index (κ2) is 9.18. The lowest BCUT2D eigenvalue weighted by atomic mass is 10.1. The van der Waals surface area contributed by atoms with E-state index in [-0.39, 0.29) is 30.0 Å². The van der Waals surface area contributed by atoms with Gasteiger partial charge in [0.1, 0.15) is 5.82 Å². The molecule has 164 valence electrons. The van der Waals surface area contributed by atoms with Crippen molar-refractivity contribution in [3.05, 3.63) is 76.3 Å². The third-order valence-electron chi connectivity index (χ3n) is 5.58. The molecule has 1 fully saturated rings. The minimum atomic E-state index is -0.214. The molecule has 0 unspecified atom stereocenters. The first-order valence-corrected chi connectivity index (χ1v) is 10.8. The molecule has 1 aliphatic rings. The zero-order valence-electron chi connectivity index (χ0n) is 18.2. The van der Waals surface area contributed by atoms with Crippen LogP contribution in [0.3, 0.4) is 0 Å². The molecular weight excluding hydrogens is 404 g/mol. The van der Waals surface area contributed by atoms with Gasteiger partial charge >= 0.3 is 0 Å². The predicted molar refractivity (Wildman–Crippen MR) is 125 cm³/mol. The number of carbonyl (C=O) groups excluding carboxylic acids is 2. The van der Waals surface area contributed by atoms with Gasteiger partial charge in [0.2, 0.25) is 11.8 Å². The number of anilines is 1. The number of nitrogens with zero attached hydrogens (tertiary/aromatic N) is 3. The summed E-state index contributed by atoms with van der Waals surface area (Å²) in [5.74, 6) is 0.426. The highest BCUT2D eigenvalue weighted by Gasteiger charge is 2.21.